The van der Waals surface area contributed by atoms with Gasteiger partial charge in [-0.15, -0.1) is 0 Å². The van der Waals surface area contributed by atoms with E-state index in [1.54, 1.807) is 0 Å². The van der Waals surface area contributed by atoms with Crippen LogP contribution < -0.4 is 15.4 Å². The van der Waals surface area contributed by atoms with E-state index in [2.05, 4.69) is 41.4 Å². The topological polar surface area (TPSA) is 59.1 Å². The van der Waals surface area contributed by atoms with Crippen LogP contribution in [0.4, 0.5) is 17.3 Å². The molecule has 0 saturated carbocycles. The first-order valence-electron chi connectivity index (χ1n) is 8.62. The van der Waals surface area contributed by atoms with E-state index in [0.29, 0.717) is 11.6 Å². The fourth-order valence-corrected chi connectivity index (χ4v) is 2.49. The molecular formula is C21H24N4O. The number of aromatic nitrogens is 2. The van der Waals surface area contributed by atoms with Crippen molar-refractivity contribution in [2.24, 2.45) is 0 Å². The molecule has 0 aliphatic carbocycles. The van der Waals surface area contributed by atoms with Gasteiger partial charge < -0.3 is 15.4 Å². The van der Waals surface area contributed by atoms with Crippen LogP contribution >= 0.6 is 0 Å². The summed E-state index contributed by atoms with van der Waals surface area (Å²) < 4.78 is 6.00. The van der Waals surface area contributed by atoms with E-state index < -0.39 is 0 Å². The van der Waals surface area contributed by atoms with Crippen molar-refractivity contribution in [1.29, 1.82) is 0 Å². The van der Waals surface area contributed by atoms with Crippen molar-refractivity contribution < 1.29 is 4.74 Å². The molecule has 0 aliphatic rings. The maximum atomic E-state index is 6.00. The summed E-state index contributed by atoms with van der Waals surface area (Å²) in [5.41, 5.74) is 0.767. The van der Waals surface area contributed by atoms with Gasteiger partial charge in [0.1, 0.15) is 23.2 Å². The van der Waals surface area contributed by atoms with Gasteiger partial charge in [0.15, 0.2) is 5.75 Å². The van der Waals surface area contributed by atoms with Crippen LogP contribution in [-0.4, -0.2) is 15.5 Å². The standard InChI is InChI=1S/C21H24N4O/c1-15-22-19(14-20(23-15)25-21(2,3)4)24-17-12-8-9-13-18(17)26-16-10-6-5-7-11-16/h5-14H,1-4H3,(H2,22,23,24,25). The van der Waals surface area contributed by atoms with Crippen LogP contribution in [0.25, 0.3) is 0 Å². The van der Waals surface area contributed by atoms with Crippen LogP contribution in [0.3, 0.4) is 0 Å². The molecule has 1 aromatic heterocycles. The first-order chi connectivity index (χ1) is 12.4. The Morgan fingerprint density at radius 3 is 2.23 bits per heavy atom. The molecule has 0 unspecified atom stereocenters. The predicted octanol–water partition coefficient (Wildman–Crippen LogP) is 5.53. The third kappa shape index (κ3) is 4.96. The number of nitrogens with zero attached hydrogens (tertiary/aromatic N) is 2. The molecule has 2 aromatic carbocycles. The van der Waals surface area contributed by atoms with Gasteiger partial charge in [-0.2, -0.15) is 0 Å². The molecule has 0 radical (unpaired) electrons. The van der Waals surface area contributed by atoms with Gasteiger partial charge >= 0.3 is 0 Å². The SMILES string of the molecule is Cc1nc(Nc2ccccc2Oc2ccccc2)cc(NC(C)(C)C)n1. The second-order valence-electron chi connectivity index (χ2n) is 7.10. The first-order valence-corrected chi connectivity index (χ1v) is 8.62. The molecule has 1 heterocycles. The van der Waals surface area contributed by atoms with Crippen LogP contribution in [-0.2, 0) is 0 Å². The number of benzene rings is 2. The summed E-state index contributed by atoms with van der Waals surface area (Å²) in [7, 11) is 0. The van der Waals surface area contributed by atoms with E-state index in [1.807, 2.05) is 67.6 Å². The van der Waals surface area contributed by atoms with E-state index in [-0.39, 0.29) is 5.54 Å². The molecule has 5 nitrogen and oxygen atoms in total. The lowest BCUT2D eigenvalue weighted by Gasteiger charge is -2.22. The molecule has 0 spiro atoms. The molecule has 2 N–H and O–H groups in total. The van der Waals surface area contributed by atoms with Crippen molar-refractivity contribution in [3.8, 4) is 11.5 Å². The summed E-state index contributed by atoms with van der Waals surface area (Å²) in [6.07, 6.45) is 0. The van der Waals surface area contributed by atoms with Crippen LogP contribution in [0.15, 0.2) is 60.7 Å². The number of rotatable bonds is 5. The summed E-state index contributed by atoms with van der Waals surface area (Å²) in [4.78, 5) is 8.95. The Balaban J connectivity index is 1.85. The van der Waals surface area contributed by atoms with E-state index in [0.717, 1.165) is 23.0 Å². The van der Waals surface area contributed by atoms with E-state index >= 15 is 0 Å². The number of ether oxygens (including phenoxy) is 1. The van der Waals surface area contributed by atoms with Crippen LogP contribution in [0.5, 0.6) is 11.5 Å². The summed E-state index contributed by atoms with van der Waals surface area (Å²) in [5.74, 6) is 3.72. The summed E-state index contributed by atoms with van der Waals surface area (Å²) in [5, 5.41) is 6.72. The maximum Gasteiger partial charge on any atom is 0.150 e. The van der Waals surface area contributed by atoms with Crippen molar-refractivity contribution in [2.45, 2.75) is 33.2 Å². The lowest BCUT2D eigenvalue weighted by molar-refractivity contribution is 0.485. The number of aryl methyl sites for hydroxylation is 1. The predicted molar refractivity (Wildman–Crippen MR) is 106 cm³/mol. The highest BCUT2D eigenvalue weighted by molar-refractivity contribution is 5.66. The molecule has 0 atom stereocenters. The average Bonchev–Trinajstić information content (AvgIpc) is 2.55. The fourth-order valence-electron chi connectivity index (χ4n) is 2.49. The third-order valence-corrected chi connectivity index (χ3v) is 3.46. The molecule has 3 aromatic rings. The second kappa shape index (κ2) is 7.44. The number of para-hydroxylation sites is 3. The molecule has 0 fully saturated rings. The van der Waals surface area contributed by atoms with Gasteiger partial charge in [-0.25, -0.2) is 9.97 Å². The number of nitrogens with one attached hydrogen (secondary N) is 2. The first kappa shape index (κ1) is 17.7. The van der Waals surface area contributed by atoms with Crippen LogP contribution in [0, 0.1) is 6.92 Å². The Labute approximate surface area is 154 Å². The Hall–Kier alpha value is -3.08. The van der Waals surface area contributed by atoms with Gasteiger partial charge in [0.05, 0.1) is 5.69 Å². The van der Waals surface area contributed by atoms with E-state index in [4.69, 9.17) is 4.74 Å². The van der Waals surface area contributed by atoms with E-state index in [1.165, 1.54) is 0 Å². The van der Waals surface area contributed by atoms with E-state index in [9.17, 15) is 0 Å². The molecular weight excluding hydrogens is 324 g/mol. The molecule has 0 amide bonds. The number of hydrogen-bond donors (Lipinski definition) is 2. The minimum atomic E-state index is -0.0770. The second-order valence-corrected chi connectivity index (χ2v) is 7.10. The molecule has 0 bridgehead atoms. The molecule has 134 valence electrons. The van der Waals surface area contributed by atoms with Gasteiger partial charge in [-0.05, 0) is 52.0 Å². The van der Waals surface area contributed by atoms with Gasteiger partial charge in [0.2, 0.25) is 0 Å². The van der Waals surface area contributed by atoms with Crippen molar-refractivity contribution in [3.05, 3.63) is 66.5 Å². The third-order valence-electron chi connectivity index (χ3n) is 3.46. The summed E-state index contributed by atoms with van der Waals surface area (Å²) in [6.45, 7) is 8.17. The molecule has 0 aliphatic heterocycles. The minimum Gasteiger partial charge on any atom is -0.455 e. The lowest BCUT2D eigenvalue weighted by atomic mass is 10.1. The Morgan fingerprint density at radius 2 is 1.50 bits per heavy atom. The Morgan fingerprint density at radius 1 is 0.846 bits per heavy atom. The smallest absolute Gasteiger partial charge is 0.150 e. The summed E-state index contributed by atoms with van der Waals surface area (Å²) >= 11 is 0. The van der Waals surface area contributed by atoms with Crippen molar-refractivity contribution in [2.75, 3.05) is 10.6 Å². The van der Waals surface area contributed by atoms with Crippen molar-refractivity contribution in [3.63, 3.8) is 0 Å². The van der Waals surface area contributed by atoms with Crippen molar-refractivity contribution in [1.82, 2.24) is 9.97 Å². The van der Waals surface area contributed by atoms with Gasteiger partial charge in [-0.1, -0.05) is 30.3 Å². The highest BCUT2D eigenvalue weighted by Crippen LogP contribution is 2.31. The van der Waals surface area contributed by atoms with Crippen LogP contribution in [0.2, 0.25) is 0 Å². The largest absolute Gasteiger partial charge is 0.455 e. The fraction of sp³-hybridized carbons (Fsp3) is 0.238. The molecule has 0 saturated heterocycles. The highest BCUT2D eigenvalue weighted by Gasteiger charge is 2.12. The monoisotopic (exact) mass is 348 g/mol. The lowest BCUT2D eigenvalue weighted by Crippen LogP contribution is -2.26. The normalized spacial score (nSPS) is 11.1. The molecule has 3 rings (SSSR count). The molecule has 5 heteroatoms. The molecule has 26 heavy (non-hydrogen) atoms. The van der Waals surface area contributed by atoms with Crippen LogP contribution in [0.1, 0.15) is 26.6 Å². The number of hydrogen-bond acceptors (Lipinski definition) is 5. The van der Waals surface area contributed by atoms with Crippen molar-refractivity contribution >= 4 is 17.3 Å². The Kier molecular flexibility index (Phi) is 5.07. The zero-order valence-corrected chi connectivity index (χ0v) is 15.6. The zero-order chi connectivity index (χ0) is 18.6. The Bertz CT molecular complexity index is 873. The number of anilines is 3. The zero-order valence-electron chi connectivity index (χ0n) is 15.6. The average molecular weight is 348 g/mol. The quantitative estimate of drug-likeness (QED) is 0.635. The van der Waals surface area contributed by atoms with Gasteiger partial charge in [0, 0.05) is 11.6 Å². The maximum absolute atomic E-state index is 6.00. The summed E-state index contributed by atoms with van der Waals surface area (Å²) in [6, 6.07) is 19.4. The van der Waals surface area contributed by atoms with Gasteiger partial charge in [0.25, 0.3) is 0 Å². The van der Waals surface area contributed by atoms with Gasteiger partial charge in [-0.3, -0.25) is 0 Å². The minimum absolute atomic E-state index is 0.0770. The highest BCUT2D eigenvalue weighted by atomic mass is 16.5.